The van der Waals surface area contributed by atoms with Crippen molar-refractivity contribution in [2.75, 3.05) is 12.0 Å². The first-order valence-corrected chi connectivity index (χ1v) is 8.23. The molecule has 0 aliphatic rings. The van der Waals surface area contributed by atoms with Crippen molar-refractivity contribution < 1.29 is 31.5 Å². The third-order valence-corrected chi connectivity index (χ3v) is 3.87. The average molecular weight is 408 g/mol. The molecule has 0 heterocycles. The molecule has 0 saturated carbocycles. The van der Waals surface area contributed by atoms with Gasteiger partial charge in [-0.05, 0) is 11.6 Å². The van der Waals surface area contributed by atoms with E-state index in [1.165, 1.54) is 0 Å². The smallest absolute Gasteiger partial charge is 0.276 e. The second-order valence-electron chi connectivity index (χ2n) is 5.77. The summed E-state index contributed by atoms with van der Waals surface area (Å²) in [5.74, 6) is -11.3. The molecule has 0 unspecified atom stereocenters. The van der Waals surface area contributed by atoms with Crippen molar-refractivity contribution in [3.63, 3.8) is 0 Å². The number of halogens is 5. The lowest BCUT2D eigenvalue weighted by Gasteiger charge is -2.14. The molecule has 9 heteroatoms. The first-order valence-electron chi connectivity index (χ1n) is 8.23. The van der Waals surface area contributed by atoms with Gasteiger partial charge in [0.2, 0.25) is 5.82 Å². The van der Waals surface area contributed by atoms with Gasteiger partial charge in [0, 0.05) is 5.56 Å². The quantitative estimate of drug-likeness (QED) is 0.272. The number of amides is 1. The van der Waals surface area contributed by atoms with Crippen molar-refractivity contribution in [1.82, 2.24) is 5.43 Å². The number of hydrogen-bond acceptors (Lipinski definition) is 3. The Kier molecular flexibility index (Phi) is 5.96. The number of ether oxygens (including phenoxy) is 1. The summed E-state index contributed by atoms with van der Waals surface area (Å²) in [4.78, 5) is 11.9. The van der Waals surface area contributed by atoms with Crippen LogP contribution in [0, 0.1) is 29.1 Å². The number of carbonyl (C=O) groups excluding carboxylic acids is 1. The number of para-hydroxylation sites is 1. The van der Waals surface area contributed by atoms with Crippen molar-refractivity contribution in [3.8, 4) is 16.9 Å². The summed E-state index contributed by atoms with van der Waals surface area (Å²) in [5.41, 5.74) is 3.69. The van der Waals surface area contributed by atoms with Crippen LogP contribution in [0.2, 0.25) is 0 Å². The maximum Gasteiger partial charge on any atom is 0.276 e. The molecule has 3 aromatic rings. The van der Waals surface area contributed by atoms with Gasteiger partial charge in [0.1, 0.15) is 11.4 Å². The zero-order valence-electron chi connectivity index (χ0n) is 14.6. The third-order valence-electron chi connectivity index (χ3n) is 3.87. The Hall–Kier alpha value is -3.62. The van der Waals surface area contributed by atoms with Crippen LogP contribution in [0.3, 0.4) is 0 Å². The Morgan fingerprint density at radius 2 is 1.31 bits per heavy atom. The number of benzene rings is 3. The Labute approximate surface area is 161 Å². The first kappa shape index (κ1) is 20.1. The van der Waals surface area contributed by atoms with E-state index in [9.17, 15) is 26.7 Å². The minimum atomic E-state index is -2.29. The van der Waals surface area contributed by atoms with E-state index < -0.39 is 47.3 Å². The van der Waals surface area contributed by atoms with E-state index in [2.05, 4.69) is 0 Å². The SMILES string of the molecule is O=C(COc1ccccc1-c1ccccc1)NNc1c(F)c(F)c(F)c(F)c1F. The molecule has 3 rings (SSSR count). The van der Waals surface area contributed by atoms with Crippen LogP contribution in [-0.4, -0.2) is 12.5 Å². The monoisotopic (exact) mass is 408 g/mol. The zero-order valence-corrected chi connectivity index (χ0v) is 14.6. The molecule has 0 aromatic heterocycles. The predicted octanol–water partition coefficient (Wildman–Crippen LogP) is 4.57. The number of hydrogen-bond donors (Lipinski definition) is 2. The average Bonchev–Trinajstić information content (AvgIpc) is 2.75. The molecule has 4 nitrogen and oxygen atoms in total. The molecule has 2 N–H and O–H groups in total. The molecule has 0 bridgehead atoms. The number of rotatable bonds is 6. The standard InChI is InChI=1S/C20H13F5N2O2/c21-15-16(22)18(24)20(19(25)17(15)23)27-26-14(28)10-29-13-9-5-4-8-12(13)11-6-2-1-3-7-11/h1-9,27H,10H2,(H,26,28). The van der Waals surface area contributed by atoms with Crippen LogP contribution in [0.4, 0.5) is 27.6 Å². The van der Waals surface area contributed by atoms with Crippen LogP contribution in [0.25, 0.3) is 11.1 Å². The molecule has 150 valence electrons. The van der Waals surface area contributed by atoms with Crippen LogP contribution in [-0.2, 0) is 4.79 Å². The molecular weight excluding hydrogens is 395 g/mol. The van der Waals surface area contributed by atoms with Gasteiger partial charge in [-0.3, -0.25) is 15.6 Å². The van der Waals surface area contributed by atoms with Crippen LogP contribution in [0.5, 0.6) is 5.75 Å². The summed E-state index contributed by atoms with van der Waals surface area (Å²) in [5, 5.41) is 0. The van der Waals surface area contributed by atoms with Gasteiger partial charge < -0.3 is 4.74 Å². The molecule has 1 amide bonds. The van der Waals surface area contributed by atoms with Crippen molar-refractivity contribution in [3.05, 3.63) is 83.7 Å². The first-order chi connectivity index (χ1) is 13.9. The van der Waals surface area contributed by atoms with Crippen LogP contribution in [0.15, 0.2) is 54.6 Å². The highest BCUT2D eigenvalue weighted by atomic mass is 19.2. The van der Waals surface area contributed by atoms with E-state index in [0.29, 0.717) is 11.3 Å². The summed E-state index contributed by atoms with van der Waals surface area (Å²) >= 11 is 0. The molecule has 3 aromatic carbocycles. The van der Waals surface area contributed by atoms with Gasteiger partial charge in [-0.1, -0.05) is 48.5 Å². The molecule has 29 heavy (non-hydrogen) atoms. The lowest BCUT2D eigenvalue weighted by Crippen LogP contribution is -2.34. The predicted molar refractivity (Wildman–Crippen MR) is 95.4 cm³/mol. The fourth-order valence-electron chi connectivity index (χ4n) is 2.47. The number of anilines is 1. The fourth-order valence-corrected chi connectivity index (χ4v) is 2.47. The van der Waals surface area contributed by atoms with E-state index in [0.717, 1.165) is 5.56 Å². The lowest BCUT2D eigenvalue weighted by atomic mass is 10.1. The Morgan fingerprint density at radius 3 is 1.97 bits per heavy atom. The van der Waals surface area contributed by atoms with Crippen LogP contribution < -0.4 is 15.6 Å². The number of carbonyl (C=O) groups is 1. The van der Waals surface area contributed by atoms with Gasteiger partial charge in [0.25, 0.3) is 5.91 Å². The van der Waals surface area contributed by atoms with Gasteiger partial charge >= 0.3 is 0 Å². The molecule has 0 atom stereocenters. The molecular formula is C20H13F5N2O2. The van der Waals surface area contributed by atoms with Gasteiger partial charge in [-0.25, -0.2) is 22.0 Å². The van der Waals surface area contributed by atoms with Crippen molar-refractivity contribution in [2.24, 2.45) is 0 Å². The lowest BCUT2D eigenvalue weighted by molar-refractivity contribution is -0.122. The number of nitrogens with one attached hydrogen (secondary N) is 2. The molecule has 0 spiro atoms. The summed E-state index contributed by atoms with van der Waals surface area (Å²) in [6.07, 6.45) is 0. The molecule has 0 aliphatic heterocycles. The van der Waals surface area contributed by atoms with Gasteiger partial charge in [0.05, 0.1) is 0 Å². The summed E-state index contributed by atoms with van der Waals surface area (Å²) < 4.78 is 71.9. The molecule has 0 saturated heterocycles. The van der Waals surface area contributed by atoms with E-state index in [4.69, 9.17) is 4.74 Å². The number of hydrazine groups is 1. The minimum absolute atomic E-state index is 0.366. The Morgan fingerprint density at radius 1 is 0.759 bits per heavy atom. The highest BCUT2D eigenvalue weighted by Gasteiger charge is 2.26. The largest absolute Gasteiger partial charge is 0.483 e. The van der Waals surface area contributed by atoms with Gasteiger partial charge in [0.15, 0.2) is 29.9 Å². The second kappa shape index (κ2) is 8.59. The Balaban J connectivity index is 1.67. The van der Waals surface area contributed by atoms with E-state index >= 15 is 0 Å². The third kappa shape index (κ3) is 4.29. The highest BCUT2D eigenvalue weighted by Crippen LogP contribution is 2.29. The summed E-state index contributed by atoms with van der Waals surface area (Å²) in [7, 11) is 0. The summed E-state index contributed by atoms with van der Waals surface area (Å²) in [6, 6.07) is 16.0. The highest BCUT2D eigenvalue weighted by molar-refractivity contribution is 5.79. The Bertz CT molecular complexity index is 1020. The topological polar surface area (TPSA) is 50.4 Å². The van der Waals surface area contributed by atoms with E-state index in [1.54, 1.807) is 29.7 Å². The maximum atomic E-state index is 13.6. The van der Waals surface area contributed by atoms with Crippen molar-refractivity contribution >= 4 is 11.6 Å². The van der Waals surface area contributed by atoms with E-state index in [1.807, 2.05) is 35.8 Å². The molecule has 0 aliphatic carbocycles. The maximum absolute atomic E-state index is 13.6. The zero-order chi connectivity index (χ0) is 21.0. The van der Waals surface area contributed by atoms with Crippen LogP contribution in [0.1, 0.15) is 0 Å². The molecule has 0 fully saturated rings. The van der Waals surface area contributed by atoms with Crippen LogP contribution >= 0.6 is 0 Å². The fraction of sp³-hybridized carbons (Fsp3) is 0.0500. The molecule has 0 radical (unpaired) electrons. The van der Waals surface area contributed by atoms with E-state index in [-0.39, 0.29) is 0 Å². The van der Waals surface area contributed by atoms with Gasteiger partial charge in [-0.15, -0.1) is 0 Å². The van der Waals surface area contributed by atoms with Gasteiger partial charge in [-0.2, -0.15) is 0 Å². The van der Waals surface area contributed by atoms with Crippen molar-refractivity contribution in [2.45, 2.75) is 0 Å². The normalized spacial score (nSPS) is 10.5. The minimum Gasteiger partial charge on any atom is -0.483 e. The second-order valence-corrected chi connectivity index (χ2v) is 5.77. The van der Waals surface area contributed by atoms with Crippen molar-refractivity contribution in [1.29, 1.82) is 0 Å². The summed E-state index contributed by atoms with van der Waals surface area (Å²) in [6.45, 7) is -0.577.